The maximum Gasteiger partial charge on any atom is 0.181 e. The lowest BCUT2D eigenvalue weighted by Gasteiger charge is -1.97. The number of H-pyrrole nitrogens is 1. The number of hydrogen-bond donors (Lipinski definition) is 1. The van der Waals surface area contributed by atoms with E-state index in [9.17, 15) is 4.39 Å². The van der Waals surface area contributed by atoms with E-state index in [1.165, 1.54) is 12.1 Å². The van der Waals surface area contributed by atoms with Crippen molar-refractivity contribution in [3.05, 3.63) is 71.8 Å². The van der Waals surface area contributed by atoms with Crippen molar-refractivity contribution in [1.29, 1.82) is 0 Å². The lowest BCUT2D eigenvalue weighted by atomic mass is 10.1. The van der Waals surface area contributed by atoms with Crippen molar-refractivity contribution in [3.8, 4) is 11.4 Å². The van der Waals surface area contributed by atoms with Crippen LogP contribution in [0.15, 0.2) is 54.6 Å². The number of rotatable bonds is 3. The highest BCUT2D eigenvalue weighted by atomic mass is 19.1. The van der Waals surface area contributed by atoms with Gasteiger partial charge in [-0.1, -0.05) is 42.5 Å². The molecule has 3 rings (SSSR count). The molecule has 3 aromatic rings. The molecule has 3 nitrogen and oxygen atoms in total. The maximum absolute atomic E-state index is 13.1. The van der Waals surface area contributed by atoms with Gasteiger partial charge in [-0.25, -0.2) is 9.37 Å². The van der Waals surface area contributed by atoms with E-state index < -0.39 is 0 Å². The van der Waals surface area contributed by atoms with Gasteiger partial charge in [-0.3, -0.25) is 5.10 Å². The molecule has 0 atom stereocenters. The van der Waals surface area contributed by atoms with Crippen LogP contribution in [0, 0.1) is 5.82 Å². The van der Waals surface area contributed by atoms with Gasteiger partial charge in [0, 0.05) is 12.0 Å². The lowest BCUT2D eigenvalue weighted by molar-refractivity contribution is 0.626. The van der Waals surface area contributed by atoms with Crippen molar-refractivity contribution in [2.24, 2.45) is 0 Å². The van der Waals surface area contributed by atoms with Gasteiger partial charge in [0.1, 0.15) is 11.6 Å². The number of aromatic nitrogens is 3. The first-order chi connectivity index (χ1) is 9.31. The van der Waals surface area contributed by atoms with Crippen LogP contribution in [-0.4, -0.2) is 15.2 Å². The van der Waals surface area contributed by atoms with Gasteiger partial charge in [-0.05, 0) is 17.7 Å². The number of nitrogens with zero attached hydrogens (tertiary/aromatic N) is 2. The number of aromatic amines is 1. The third-order valence-electron chi connectivity index (χ3n) is 2.82. The van der Waals surface area contributed by atoms with E-state index in [1.807, 2.05) is 36.4 Å². The van der Waals surface area contributed by atoms with E-state index in [1.54, 1.807) is 6.07 Å². The minimum absolute atomic E-state index is 0.236. The van der Waals surface area contributed by atoms with Crippen LogP contribution >= 0.6 is 0 Å². The first-order valence-electron chi connectivity index (χ1n) is 6.02. The third-order valence-corrected chi connectivity index (χ3v) is 2.82. The smallest absolute Gasteiger partial charge is 0.181 e. The van der Waals surface area contributed by atoms with Crippen LogP contribution in [0.4, 0.5) is 4.39 Å². The number of nitrogens with one attached hydrogen (secondary N) is 1. The molecule has 0 saturated heterocycles. The molecule has 0 aliphatic carbocycles. The molecule has 1 aromatic heterocycles. The van der Waals surface area contributed by atoms with Crippen molar-refractivity contribution in [2.75, 3.05) is 0 Å². The molecule has 0 spiro atoms. The molecule has 1 N–H and O–H groups in total. The quantitative estimate of drug-likeness (QED) is 0.778. The van der Waals surface area contributed by atoms with Gasteiger partial charge >= 0.3 is 0 Å². The molecular weight excluding hydrogens is 241 g/mol. The Labute approximate surface area is 110 Å². The molecule has 0 unspecified atom stereocenters. The van der Waals surface area contributed by atoms with Crippen LogP contribution in [0.5, 0.6) is 0 Å². The van der Waals surface area contributed by atoms with Crippen LogP contribution in [-0.2, 0) is 6.42 Å². The number of benzene rings is 2. The summed E-state index contributed by atoms with van der Waals surface area (Å²) in [5.74, 6) is 1.15. The molecule has 0 radical (unpaired) electrons. The predicted molar refractivity (Wildman–Crippen MR) is 71.0 cm³/mol. The highest BCUT2D eigenvalue weighted by molar-refractivity contribution is 5.53. The van der Waals surface area contributed by atoms with Crippen LogP contribution in [0.3, 0.4) is 0 Å². The predicted octanol–water partition coefficient (Wildman–Crippen LogP) is 3.20. The normalized spacial score (nSPS) is 10.6. The van der Waals surface area contributed by atoms with Gasteiger partial charge in [0.15, 0.2) is 5.82 Å². The maximum atomic E-state index is 13.1. The largest absolute Gasteiger partial charge is 0.262 e. The first kappa shape index (κ1) is 11.6. The fourth-order valence-electron chi connectivity index (χ4n) is 1.93. The van der Waals surface area contributed by atoms with Gasteiger partial charge in [-0.2, -0.15) is 5.10 Å². The van der Waals surface area contributed by atoms with Gasteiger partial charge in [0.05, 0.1) is 0 Å². The Hall–Kier alpha value is -2.49. The molecule has 94 valence electrons. The molecule has 0 fully saturated rings. The van der Waals surface area contributed by atoms with Crippen molar-refractivity contribution in [1.82, 2.24) is 15.2 Å². The van der Waals surface area contributed by atoms with Crippen molar-refractivity contribution in [2.45, 2.75) is 6.42 Å². The zero-order chi connectivity index (χ0) is 13.1. The summed E-state index contributed by atoms with van der Waals surface area (Å²) >= 11 is 0. The Morgan fingerprint density at radius 3 is 2.63 bits per heavy atom. The van der Waals surface area contributed by atoms with Crippen molar-refractivity contribution < 1.29 is 4.39 Å². The Kier molecular flexibility index (Phi) is 3.06. The van der Waals surface area contributed by atoms with Crippen LogP contribution in [0.2, 0.25) is 0 Å². The van der Waals surface area contributed by atoms with E-state index in [4.69, 9.17) is 0 Å². The number of hydrogen-bond acceptors (Lipinski definition) is 2. The summed E-state index contributed by atoms with van der Waals surface area (Å²) < 4.78 is 13.1. The standard InChI is InChI=1S/C15H12FN3/c16-13-8-4-5-11(9-13)10-14-17-15(19-18-14)12-6-2-1-3-7-12/h1-9H,10H2,(H,17,18,19). The topological polar surface area (TPSA) is 41.6 Å². The zero-order valence-electron chi connectivity index (χ0n) is 10.2. The summed E-state index contributed by atoms with van der Waals surface area (Å²) in [7, 11) is 0. The molecule has 19 heavy (non-hydrogen) atoms. The van der Waals surface area contributed by atoms with E-state index >= 15 is 0 Å². The van der Waals surface area contributed by atoms with Crippen LogP contribution < -0.4 is 0 Å². The highest BCUT2D eigenvalue weighted by Gasteiger charge is 2.06. The molecule has 0 saturated carbocycles. The monoisotopic (exact) mass is 253 g/mol. The molecule has 1 heterocycles. The summed E-state index contributed by atoms with van der Waals surface area (Å²) in [4.78, 5) is 4.42. The van der Waals surface area contributed by atoms with Gasteiger partial charge in [0.2, 0.25) is 0 Å². The van der Waals surface area contributed by atoms with E-state index in [0.717, 1.165) is 17.0 Å². The Bertz CT molecular complexity index is 677. The Morgan fingerprint density at radius 1 is 1.00 bits per heavy atom. The second-order valence-electron chi connectivity index (χ2n) is 4.28. The van der Waals surface area contributed by atoms with Crippen molar-refractivity contribution in [3.63, 3.8) is 0 Å². The van der Waals surface area contributed by atoms with Crippen LogP contribution in [0.1, 0.15) is 11.4 Å². The average Bonchev–Trinajstić information content (AvgIpc) is 2.88. The first-order valence-corrected chi connectivity index (χ1v) is 6.02. The van der Waals surface area contributed by atoms with Crippen molar-refractivity contribution >= 4 is 0 Å². The van der Waals surface area contributed by atoms with Crippen LogP contribution in [0.25, 0.3) is 11.4 Å². The molecule has 0 amide bonds. The summed E-state index contributed by atoms with van der Waals surface area (Å²) in [6, 6.07) is 16.2. The molecule has 0 aliphatic heterocycles. The van der Waals surface area contributed by atoms with Gasteiger partial charge in [0.25, 0.3) is 0 Å². The van der Waals surface area contributed by atoms with Gasteiger partial charge in [-0.15, -0.1) is 0 Å². The number of halogens is 1. The SMILES string of the molecule is Fc1cccc(Cc2nc(-c3ccccc3)n[nH]2)c1. The van der Waals surface area contributed by atoms with E-state index in [2.05, 4.69) is 15.2 Å². The summed E-state index contributed by atoms with van der Waals surface area (Å²) in [5.41, 5.74) is 1.83. The Balaban J connectivity index is 1.82. The minimum Gasteiger partial charge on any atom is -0.262 e. The fourth-order valence-corrected chi connectivity index (χ4v) is 1.93. The van der Waals surface area contributed by atoms with E-state index in [0.29, 0.717) is 12.2 Å². The molecule has 4 heteroatoms. The summed E-state index contributed by atoms with van der Waals surface area (Å²) in [5, 5.41) is 7.06. The summed E-state index contributed by atoms with van der Waals surface area (Å²) in [6.45, 7) is 0. The van der Waals surface area contributed by atoms with Gasteiger partial charge < -0.3 is 0 Å². The highest BCUT2D eigenvalue weighted by Crippen LogP contribution is 2.15. The minimum atomic E-state index is -0.236. The Morgan fingerprint density at radius 2 is 1.84 bits per heavy atom. The summed E-state index contributed by atoms with van der Waals surface area (Å²) in [6.07, 6.45) is 0.539. The second kappa shape index (κ2) is 5.02. The van der Waals surface area contributed by atoms with E-state index in [-0.39, 0.29) is 5.82 Å². The second-order valence-corrected chi connectivity index (χ2v) is 4.28. The molecule has 2 aromatic carbocycles. The molecular formula is C15H12FN3. The lowest BCUT2D eigenvalue weighted by Crippen LogP contribution is -1.91. The third kappa shape index (κ3) is 2.68. The average molecular weight is 253 g/mol. The zero-order valence-corrected chi connectivity index (χ0v) is 10.2. The molecule has 0 aliphatic rings. The molecule has 0 bridgehead atoms. The fraction of sp³-hybridized carbons (Fsp3) is 0.0667.